The summed E-state index contributed by atoms with van der Waals surface area (Å²) in [6.07, 6.45) is 1.89. The van der Waals surface area contributed by atoms with Gasteiger partial charge >= 0.3 is 12.0 Å². The quantitative estimate of drug-likeness (QED) is 0.804. The van der Waals surface area contributed by atoms with Crippen LogP contribution in [0.4, 0.5) is 14.5 Å². The first-order valence-corrected chi connectivity index (χ1v) is 7.52. The molecule has 0 bridgehead atoms. The molecule has 0 amide bonds. The average molecular weight is 347 g/mol. The van der Waals surface area contributed by atoms with Crippen LogP contribution in [0.1, 0.15) is 15.9 Å². The molecule has 0 spiro atoms. The Bertz CT molecular complexity index is 820. The third-order valence-corrected chi connectivity index (χ3v) is 3.51. The second-order valence-electron chi connectivity index (χ2n) is 5.34. The van der Waals surface area contributed by atoms with Gasteiger partial charge in [-0.15, -0.1) is 0 Å². The van der Waals surface area contributed by atoms with Crippen molar-refractivity contribution in [3.8, 4) is 11.5 Å². The summed E-state index contributed by atoms with van der Waals surface area (Å²) in [5.74, 6) is -0.209. The van der Waals surface area contributed by atoms with E-state index in [1.54, 1.807) is 18.2 Å². The first kappa shape index (κ1) is 16.8. The van der Waals surface area contributed by atoms with E-state index >= 15 is 0 Å². The van der Waals surface area contributed by atoms with Crippen LogP contribution in [0.15, 0.2) is 48.5 Å². The molecule has 0 saturated carbocycles. The zero-order valence-corrected chi connectivity index (χ0v) is 13.0. The predicted molar refractivity (Wildman–Crippen MR) is 88.4 cm³/mol. The van der Waals surface area contributed by atoms with Gasteiger partial charge in [-0.2, -0.15) is 8.78 Å². The number of ether oxygens (including phenoxy) is 2. The second kappa shape index (κ2) is 6.80. The molecule has 1 aliphatic heterocycles. The lowest BCUT2D eigenvalue weighted by Crippen LogP contribution is -2.25. The number of benzene rings is 2. The summed E-state index contributed by atoms with van der Waals surface area (Å²) < 4.78 is 39.0. The van der Waals surface area contributed by atoms with Crippen LogP contribution in [0, 0.1) is 0 Å². The van der Waals surface area contributed by atoms with Crippen LogP contribution in [0.3, 0.4) is 0 Å². The molecule has 0 atom stereocenters. The molecule has 25 heavy (non-hydrogen) atoms. The van der Waals surface area contributed by atoms with E-state index in [0.29, 0.717) is 36.4 Å². The van der Waals surface area contributed by atoms with Crippen molar-refractivity contribution in [3.63, 3.8) is 0 Å². The third kappa shape index (κ3) is 4.06. The number of hydrogen-bond donors (Lipinski definition) is 2. The summed E-state index contributed by atoms with van der Waals surface area (Å²) in [6, 6.07) is 6.95. The van der Waals surface area contributed by atoms with E-state index in [-0.39, 0.29) is 11.3 Å². The minimum Gasteiger partial charge on any atom is -0.486 e. The molecule has 0 unspecified atom stereocenters. The molecule has 2 aromatic rings. The SMILES string of the molecule is O=C(O)c1ccccc1NC(F)(F)/C=C/c1ccc2c(c1)OCCO2. The largest absolute Gasteiger partial charge is 0.486 e. The highest BCUT2D eigenvalue weighted by Gasteiger charge is 2.26. The lowest BCUT2D eigenvalue weighted by Gasteiger charge is -2.19. The number of fused-ring (bicyclic) bond motifs is 1. The van der Waals surface area contributed by atoms with E-state index in [4.69, 9.17) is 14.6 Å². The molecular weight excluding hydrogens is 332 g/mol. The number of nitrogens with one attached hydrogen (secondary N) is 1. The van der Waals surface area contributed by atoms with E-state index in [1.807, 2.05) is 5.32 Å². The Labute approximate surface area is 142 Å². The summed E-state index contributed by atoms with van der Waals surface area (Å²) >= 11 is 0. The first-order valence-electron chi connectivity index (χ1n) is 7.52. The van der Waals surface area contributed by atoms with Gasteiger partial charge in [0.2, 0.25) is 0 Å². The zero-order chi connectivity index (χ0) is 17.9. The minimum absolute atomic E-state index is 0.160. The normalized spacial score (nSPS) is 13.7. The van der Waals surface area contributed by atoms with Crippen LogP contribution in [0.25, 0.3) is 6.08 Å². The van der Waals surface area contributed by atoms with Gasteiger partial charge in [-0.1, -0.05) is 24.3 Å². The number of aromatic carboxylic acids is 1. The fourth-order valence-electron chi connectivity index (χ4n) is 2.36. The van der Waals surface area contributed by atoms with Crippen molar-refractivity contribution in [1.82, 2.24) is 0 Å². The van der Waals surface area contributed by atoms with Crippen molar-refractivity contribution in [2.75, 3.05) is 18.5 Å². The molecular formula is C18H15F2NO4. The van der Waals surface area contributed by atoms with E-state index in [9.17, 15) is 13.6 Å². The van der Waals surface area contributed by atoms with Gasteiger partial charge in [0.25, 0.3) is 0 Å². The monoisotopic (exact) mass is 347 g/mol. The Kier molecular flexibility index (Phi) is 4.56. The van der Waals surface area contributed by atoms with Gasteiger partial charge in [-0.3, -0.25) is 0 Å². The number of para-hydroxylation sites is 1. The lowest BCUT2D eigenvalue weighted by molar-refractivity contribution is 0.0695. The van der Waals surface area contributed by atoms with E-state index in [2.05, 4.69) is 0 Å². The van der Waals surface area contributed by atoms with Gasteiger partial charge in [-0.25, -0.2) is 4.79 Å². The van der Waals surface area contributed by atoms with Crippen LogP contribution >= 0.6 is 0 Å². The summed E-state index contributed by atoms with van der Waals surface area (Å²) in [4.78, 5) is 11.1. The van der Waals surface area contributed by atoms with Crippen molar-refractivity contribution >= 4 is 17.7 Å². The summed E-state index contributed by atoms with van der Waals surface area (Å²) in [7, 11) is 0. The summed E-state index contributed by atoms with van der Waals surface area (Å²) in [6.45, 7) is 0.858. The third-order valence-electron chi connectivity index (χ3n) is 3.51. The van der Waals surface area contributed by atoms with Crippen LogP contribution in [-0.2, 0) is 0 Å². The molecule has 0 radical (unpaired) electrons. The number of rotatable bonds is 5. The number of carboxylic acids is 1. The Morgan fingerprint density at radius 3 is 2.60 bits per heavy atom. The molecule has 0 aromatic heterocycles. The fourth-order valence-corrected chi connectivity index (χ4v) is 2.36. The Hall–Kier alpha value is -3.09. The number of halogens is 2. The molecule has 3 rings (SSSR count). The Morgan fingerprint density at radius 1 is 1.12 bits per heavy atom. The number of anilines is 1. The molecule has 2 N–H and O–H groups in total. The van der Waals surface area contributed by atoms with Crippen LogP contribution in [0.2, 0.25) is 0 Å². The first-order chi connectivity index (χ1) is 11.9. The van der Waals surface area contributed by atoms with Gasteiger partial charge in [0.1, 0.15) is 13.2 Å². The highest BCUT2D eigenvalue weighted by Crippen LogP contribution is 2.32. The Balaban J connectivity index is 1.77. The second-order valence-corrected chi connectivity index (χ2v) is 5.34. The highest BCUT2D eigenvalue weighted by atomic mass is 19.3. The van der Waals surface area contributed by atoms with Crippen LogP contribution in [0.5, 0.6) is 11.5 Å². The Morgan fingerprint density at radius 2 is 1.84 bits per heavy atom. The van der Waals surface area contributed by atoms with Gasteiger partial charge in [-0.05, 0) is 29.8 Å². The van der Waals surface area contributed by atoms with Gasteiger partial charge in [0.05, 0.1) is 11.3 Å². The van der Waals surface area contributed by atoms with Crippen molar-refractivity contribution in [2.45, 2.75) is 6.05 Å². The maximum atomic E-state index is 14.1. The number of carbonyl (C=O) groups is 1. The van der Waals surface area contributed by atoms with E-state index in [0.717, 1.165) is 0 Å². The van der Waals surface area contributed by atoms with E-state index < -0.39 is 12.0 Å². The summed E-state index contributed by atoms with van der Waals surface area (Å²) in [5.41, 5.74) is 0.124. The molecule has 1 heterocycles. The van der Waals surface area contributed by atoms with Crippen LogP contribution in [-0.4, -0.2) is 30.3 Å². The minimum atomic E-state index is -3.43. The molecule has 0 saturated heterocycles. The molecule has 130 valence electrons. The molecule has 2 aromatic carbocycles. The van der Waals surface area contributed by atoms with Crippen molar-refractivity contribution in [1.29, 1.82) is 0 Å². The van der Waals surface area contributed by atoms with Crippen LogP contribution < -0.4 is 14.8 Å². The fraction of sp³-hybridized carbons (Fsp3) is 0.167. The standard InChI is InChI=1S/C18H15F2NO4/c19-18(20,21-14-4-2-1-3-13(14)17(22)23)8-7-12-5-6-15-16(11-12)25-10-9-24-15/h1-8,11,21H,9-10H2,(H,22,23)/b8-7+. The van der Waals surface area contributed by atoms with Crippen molar-refractivity contribution in [2.24, 2.45) is 0 Å². The average Bonchev–Trinajstić information content (AvgIpc) is 2.60. The van der Waals surface area contributed by atoms with Gasteiger partial charge in [0, 0.05) is 6.08 Å². The number of hydrogen-bond acceptors (Lipinski definition) is 4. The highest BCUT2D eigenvalue weighted by molar-refractivity contribution is 5.94. The molecule has 0 fully saturated rings. The number of alkyl halides is 2. The topological polar surface area (TPSA) is 67.8 Å². The maximum Gasteiger partial charge on any atom is 0.343 e. The van der Waals surface area contributed by atoms with Crippen molar-refractivity contribution in [3.05, 3.63) is 59.7 Å². The lowest BCUT2D eigenvalue weighted by atomic mass is 10.1. The summed E-state index contributed by atoms with van der Waals surface area (Å²) in [5, 5.41) is 11.0. The molecule has 5 nitrogen and oxygen atoms in total. The van der Waals surface area contributed by atoms with Gasteiger partial charge < -0.3 is 19.9 Å². The molecule has 0 aliphatic carbocycles. The smallest absolute Gasteiger partial charge is 0.343 e. The predicted octanol–water partition coefficient (Wildman–Crippen LogP) is 3.87. The van der Waals surface area contributed by atoms with Gasteiger partial charge in [0.15, 0.2) is 11.5 Å². The number of carboxylic acid groups (broad SMARTS) is 1. The van der Waals surface area contributed by atoms with E-state index in [1.165, 1.54) is 30.3 Å². The molecule has 1 aliphatic rings. The molecule has 7 heteroatoms. The van der Waals surface area contributed by atoms with Crippen molar-refractivity contribution < 1.29 is 28.2 Å². The maximum absolute atomic E-state index is 14.1. The zero-order valence-electron chi connectivity index (χ0n) is 13.0.